The summed E-state index contributed by atoms with van der Waals surface area (Å²) in [6, 6.07) is 10.3. The zero-order valence-corrected chi connectivity index (χ0v) is 20.5. The van der Waals surface area contributed by atoms with E-state index >= 15 is 0 Å². The molecule has 2 aliphatic rings. The van der Waals surface area contributed by atoms with Gasteiger partial charge in [-0.3, -0.25) is 9.48 Å². The van der Waals surface area contributed by atoms with Gasteiger partial charge in [0, 0.05) is 38.4 Å². The van der Waals surface area contributed by atoms with E-state index in [-0.39, 0.29) is 15.9 Å². The van der Waals surface area contributed by atoms with Crippen molar-refractivity contribution >= 4 is 32.4 Å². The minimum absolute atomic E-state index is 0.00195. The summed E-state index contributed by atoms with van der Waals surface area (Å²) in [5, 5.41) is 15.7. The zero-order chi connectivity index (χ0) is 24.5. The molecule has 3 aromatic rings. The van der Waals surface area contributed by atoms with Gasteiger partial charge in [0.15, 0.2) is 5.82 Å². The maximum absolute atomic E-state index is 13.0. The number of aromatic amines is 1. The van der Waals surface area contributed by atoms with Crippen LogP contribution in [0.5, 0.6) is 0 Å². The number of fused-ring (bicyclic) bond motifs is 1. The number of nitrogens with one attached hydrogen (secondary N) is 2. The number of aromatic nitrogens is 3. The predicted octanol–water partition coefficient (Wildman–Crippen LogP) is 3.83. The highest BCUT2D eigenvalue weighted by Gasteiger charge is 2.36. The molecule has 2 N–H and O–H groups in total. The van der Waals surface area contributed by atoms with Crippen molar-refractivity contribution in [3.63, 3.8) is 0 Å². The monoisotopic (exact) mass is 482 g/mol. The fourth-order valence-electron chi connectivity index (χ4n) is 4.17. The maximum Gasteiger partial charge on any atom is 0.261 e. The number of pyridine rings is 1. The number of rotatable bonds is 6. The number of nitriles is 1. The van der Waals surface area contributed by atoms with Crippen molar-refractivity contribution in [3.05, 3.63) is 46.9 Å². The van der Waals surface area contributed by atoms with Crippen molar-refractivity contribution in [1.29, 1.82) is 5.26 Å². The van der Waals surface area contributed by atoms with E-state index in [1.54, 1.807) is 40.8 Å². The Morgan fingerprint density at radius 3 is 2.50 bits per heavy atom. The van der Waals surface area contributed by atoms with Crippen LogP contribution >= 0.6 is 0 Å². The van der Waals surface area contributed by atoms with Crippen LogP contribution in [0.1, 0.15) is 40.0 Å². The molecule has 0 atom stereocenters. The molecule has 1 saturated carbocycles. The van der Waals surface area contributed by atoms with Crippen molar-refractivity contribution in [2.24, 2.45) is 11.3 Å². The second kappa shape index (κ2) is 9.24. The quantitative estimate of drug-likeness (QED) is 0.550. The van der Waals surface area contributed by atoms with Crippen molar-refractivity contribution in [1.82, 2.24) is 19.1 Å². The molecule has 10 heteroatoms. The molecule has 0 unspecified atom stereocenters. The second-order valence-electron chi connectivity index (χ2n) is 9.67. The van der Waals surface area contributed by atoms with Crippen molar-refractivity contribution in [2.75, 3.05) is 18.4 Å². The number of sulfonamides is 1. The van der Waals surface area contributed by atoms with E-state index in [0.717, 1.165) is 18.5 Å². The molecule has 180 valence electrons. The Morgan fingerprint density at radius 1 is 1.24 bits per heavy atom. The number of benzene rings is 1. The lowest BCUT2D eigenvalue weighted by Gasteiger charge is -2.19. The van der Waals surface area contributed by atoms with E-state index in [1.807, 2.05) is 10.7 Å². The lowest BCUT2D eigenvalue weighted by molar-refractivity contribution is 0.375. The van der Waals surface area contributed by atoms with Gasteiger partial charge in [-0.1, -0.05) is 13.8 Å². The molecule has 3 heterocycles. The van der Waals surface area contributed by atoms with Gasteiger partial charge in [-0.2, -0.15) is 14.7 Å². The first-order valence-electron chi connectivity index (χ1n) is 11.4. The summed E-state index contributed by atoms with van der Waals surface area (Å²) in [6.45, 7) is 7.48. The van der Waals surface area contributed by atoms with Crippen molar-refractivity contribution < 1.29 is 8.42 Å². The number of H-pyrrole nitrogens is 1. The van der Waals surface area contributed by atoms with Crippen LogP contribution in [-0.2, 0) is 16.6 Å². The zero-order valence-electron chi connectivity index (χ0n) is 19.7. The molecule has 34 heavy (non-hydrogen) atoms. The Morgan fingerprint density at radius 2 is 1.91 bits per heavy atom. The fourth-order valence-corrected chi connectivity index (χ4v) is 5.80. The van der Waals surface area contributed by atoms with E-state index in [1.165, 1.54) is 19.8 Å². The summed E-state index contributed by atoms with van der Waals surface area (Å²) in [4.78, 5) is 15.4. The Kier molecular flexibility index (Phi) is 6.51. The van der Waals surface area contributed by atoms with Crippen LogP contribution in [0.4, 0.5) is 11.5 Å². The molecule has 2 fully saturated rings. The molecular weight excluding hydrogens is 452 g/mol. The van der Waals surface area contributed by atoms with E-state index in [4.69, 9.17) is 5.26 Å². The van der Waals surface area contributed by atoms with Gasteiger partial charge in [-0.05, 0) is 60.9 Å². The molecule has 0 bridgehead atoms. The van der Waals surface area contributed by atoms with Crippen molar-refractivity contribution in [2.45, 2.75) is 51.5 Å². The third-order valence-corrected chi connectivity index (χ3v) is 8.06. The highest BCUT2D eigenvalue weighted by molar-refractivity contribution is 7.89. The molecule has 2 aromatic heterocycles. The van der Waals surface area contributed by atoms with E-state index in [9.17, 15) is 13.2 Å². The Bertz CT molecular complexity index is 1380. The standard InChI is InChI=1S/C22H27N5O3S.C2H3N/c1-22(2)10-12-26(14-22)31(29,30)17-7-5-16(6-8-17)24-20-19-18(9-11-23-21(19)28)27(25-20)13-15-3-4-15;1-2-3/h5-9,11,15H,3-4,10,12-14H2,1-2H3,(H,23,28)(H,24,25);1H3. The Labute approximate surface area is 199 Å². The lowest BCUT2D eigenvalue weighted by atomic mass is 9.93. The third-order valence-electron chi connectivity index (χ3n) is 6.20. The van der Waals surface area contributed by atoms with Crippen LogP contribution in [0.25, 0.3) is 10.9 Å². The van der Waals surface area contributed by atoms with E-state index in [0.29, 0.717) is 35.9 Å². The van der Waals surface area contributed by atoms with Gasteiger partial charge in [0.2, 0.25) is 10.0 Å². The molecule has 1 aliphatic heterocycles. The normalized spacial score (nSPS) is 17.7. The summed E-state index contributed by atoms with van der Waals surface area (Å²) in [5.41, 5.74) is 1.29. The number of hydrogen-bond acceptors (Lipinski definition) is 6. The number of anilines is 2. The van der Waals surface area contributed by atoms with Crippen LogP contribution in [0.15, 0.2) is 46.2 Å². The topological polar surface area (TPSA) is 124 Å². The molecular formula is C24H30N6O3S. The van der Waals surface area contributed by atoms with Gasteiger partial charge >= 0.3 is 0 Å². The maximum atomic E-state index is 13.0. The third kappa shape index (κ3) is 5.00. The second-order valence-corrected chi connectivity index (χ2v) is 11.6. The van der Waals surface area contributed by atoms with Crippen LogP contribution in [-0.4, -0.2) is 40.6 Å². The first kappa shape index (κ1) is 24.0. The van der Waals surface area contributed by atoms with Crippen LogP contribution in [0.2, 0.25) is 0 Å². The van der Waals surface area contributed by atoms with Gasteiger partial charge in [0.25, 0.3) is 5.56 Å². The van der Waals surface area contributed by atoms with Gasteiger partial charge in [0.1, 0.15) is 5.39 Å². The highest BCUT2D eigenvalue weighted by Crippen LogP contribution is 2.34. The summed E-state index contributed by atoms with van der Waals surface area (Å²) in [7, 11) is -3.51. The minimum Gasteiger partial charge on any atom is -0.338 e. The largest absolute Gasteiger partial charge is 0.338 e. The highest BCUT2D eigenvalue weighted by atomic mass is 32.2. The van der Waals surface area contributed by atoms with Gasteiger partial charge in [0.05, 0.1) is 16.5 Å². The smallest absolute Gasteiger partial charge is 0.261 e. The molecule has 1 saturated heterocycles. The number of hydrogen-bond donors (Lipinski definition) is 2. The average Bonchev–Trinajstić information content (AvgIpc) is 3.42. The first-order chi connectivity index (χ1) is 16.1. The SMILES string of the molecule is CC#N.CC1(C)CCN(S(=O)(=O)c2ccc(Nc3nn(CC4CC4)c4cc[nH]c(=O)c34)cc2)C1. The van der Waals surface area contributed by atoms with Crippen molar-refractivity contribution in [3.8, 4) is 6.07 Å². The lowest BCUT2D eigenvalue weighted by Crippen LogP contribution is -2.30. The summed E-state index contributed by atoms with van der Waals surface area (Å²) < 4.78 is 29.4. The molecule has 0 radical (unpaired) electrons. The summed E-state index contributed by atoms with van der Waals surface area (Å²) in [6.07, 6.45) is 4.88. The molecule has 1 aliphatic carbocycles. The van der Waals surface area contributed by atoms with Gasteiger partial charge < -0.3 is 10.3 Å². The van der Waals surface area contributed by atoms with E-state index < -0.39 is 10.0 Å². The van der Waals surface area contributed by atoms with Crippen LogP contribution in [0.3, 0.4) is 0 Å². The first-order valence-corrected chi connectivity index (χ1v) is 12.8. The molecule has 0 amide bonds. The summed E-state index contributed by atoms with van der Waals surface area (Å²) >= 11 is 0. The molecule has 5 rings (SSSR count). The molecule has 0 spiro atoms. The average molecular weight is 483 g/mol. The Hall–Kier alpha value is -3.16. The van der Waals surface area contributed by atoms with Crippen LogP contribution in [0, 0.1) is 22.7 Å². The minimum atomic E-state index is -3.51. The predicted molar refractivity (Wildman–Crippen MR) is 131 cm³/mol. The van der Waals surface area contributed by atoms with Gasteiger partial charge in [-0.25, -0.2) is 8.42 Å². The fraction of sp³-hybridized carbons (Fsp3) is 0.458. The molecule has 9 nitrogen and oxygen atoms in total. The van der Waals surface area contributed by atoms with Gasteiger partial charge in [-0.15, -0.1) is 0 Å². The van der Waals surface area contributed by atoms with E-state index in [2.05, 4.69) is 29.2 Å². The molecule has 1 aromatic carbocycles. The summed E-state index contributed by atoms with van der Waals surface area (Å²) in [5.74, 6) is 1.10. The number of nitrogens with zero attached hydrogens (tertiary/aromatic N) is 4. The van der Waals surface area contributed by atoms with Crippen LogP contribution < -0.4 is 10.9 Å². The Balaban J connectivity index is 0.000000868.